The highest BCUT2D eigenvalue weighted by Gasteiger charge is 2.10. The summed E-state index contributed by atoms with van der Waals surface area (Å²) in [6.45, 7) is 5.63. The lowest BCUT2D eigenvalue weighted by atomic mass is 10.3. The van der Waals surface area contributed by atoms with Crippen molar-refractivity contribution < 1.29 is 0 Å². The highest BCUT2D eigenvalue weighted by Crippen LogP contribution is 2.14. The smallest absolute Gasteiger partial charge is 0.275 e. The van der Waals surface area contributed by atoms with Crippen LogP contribution in [-0.4, -0.2) is 38.1 Å². The summed E-state index contributed by atoms with van der Waals surface area (Å²) in [5.41, 5.74) is 3.69. The molecule has 0 aliphatic heterocycles. The van der Waals surface area contributed by atoms with Crippen molar-refractivity contribution in [2.45, 2.75) is 33.2 Å². The Labute approximate surface area is 142 Å². The van der Waals surface area contributed by atoms with Gasteiger partial charge in [-0.15, -0.1) is 11.3 Å². The second kappa shape index (κ2) is 6.86. The predicted octanol–water partition coefficient (Wildman–Crippen LogP) is 2.15. The van der Waals surface area contributed by atoms with Crippen molar-refractivity contribution in [3.63, 3.8) is 0 Å². The molecular weight excluding hydrogens is 330 g/mol. The van der Waals surface area contributed by atoms with Crippen molar-refractivity contribution >= 4 is 27.6 Å². The van der Waals surface area contributed by atoms with Gasteiger partial charge in [-0.2, -0.15) is 9.61 Å². The van der Waals surface area contributed by atoms with Gasteiger partial charge in [0, 0.05) is 24.0 Å². The second-order valence-corrected chi connectivity index (χ2v) is 7.46. The van der Waals surface area contributed by atoms with Crippen LogP contribution in [0.4, 0.5) is 0 Å². The van der Waals surface area contributed by atoms with E-state index in [1.54, 1.807) is 17.4 Å². The topological polar surface area (TPSA) is 63.4 Å². The van der Waals surface area contributed by atoms with Crippen LogP contribution < -0.4 is 5.56 Å². The number of nitrogens with zero attached hydrogens (tertiary/aromatic N) is 5. The molecule has 0 saturated carbocycles. The van der Waals surface area contributed by atoms with Gasteiger partial charge in [0.15, 0.2) is 0 Å². The Morgan fingerprint density at radius 1 is 1.39 bits per heavy atom. The molecule has 3 aromatic rings. The van der Waals surface area contributed by atoms with Crippen LogP contribution in [0, 0.1) is 6.92 Å². The van der Waals surface area contributed by atoms with E-state index in [-0.39, 0.29) is 5.56 Å². The Morgan fingerprint density at radius 2 is 2.22 bits per heavy atom. The highest BCUT2D eigenvalue weighted by atomic mass is 32.1. The summed E-state index contributed by atoms with van der Waals surface area (Å²) in [6, 6.07) is 1.58. The summed E-state index contributed by atoms with van der Waals surface area (Å²) in [6.07, 6.45) is 1.78. The molecule has 0 radical (unpaired) electrons. The molecule has 3 aromatic heterocycles. The zero-order valence-electron chi connectivity index (χ0n) is 13.4. The highest BCUT2D eigenvalue weighted by molar-refractivity contribution is 7.16. The van der Waals surface area contributed by atoms with Gasteiger partial charge in [0.05, 0.1) is 16.9 Å². The average molecular weight is 349 g/mol. The van der Waals surface area contributed by atoms with Crippen LogP contribution in [-0.2, 0) is 19.4 Å². The molecule has 0 amide bonds. The zero-order valence-corrected chi connectivity index (χ0v) is 15.1. The lowest BCUT2D eigenvalue weighted by molar-refractivity contribution is 0.327. The molecule has 23 heavy (non-hydrogen) atoms. The van der Waals surface area contributed by atoms with Crippen LogP contribution in [0.15, 0.2) is 16.4 Å². The summed E-state index contributed by atoms with van der Waals surface area (Å²) in [7, 11) is 2.05. The molecule has 0 aliphatic carbocycles. The third-order valence-corrected chi connectivity index (χ3v) is 5.69. The number of likely N-dealkylation sites (N-methyl/N-ethyl adjacent to an activating group) is 1. The molecule has 0 spiro atoms. The van der Waals surface area contributed by atoms with Crippen molar-refractivity contribution in [3.05, 3.63) is 43.2 Å². The average Bonchev–Trinajstić information content (AvgIpc) is 3.11. The Kier molecular flexibility index (Phi) is 4.84. The Hall–Kier alpha value is -1.64. The minimum atomic E-state index is -0.104. The first-order valence-electron chi connectivity index (χ1n) is 7.53. The van der Waals surface area contributed by atoms with Gasteiger partial charge < -0.3 is 4.90 Å². The largest absolute Gasteiger partial charge is 0.300 e. The van der Waals surface area contributed by atoms with Gasteiger partial charge in [0.25, 0.3) is 5.56 Å². The maximum atomic E-state index is 12.1. The van der Waals surface area contributed by atoms with Gasteiger partial charge in [-0.1, -0.05) is 18.3 Å². The Balaban J connectivity index is 1.70. The van der Waals surface area contributed by atoms with Crippen molar-refractivity contribution in [1.29, 1.82) is 0 Å². The standard InChI is InChI=1S/C15H19N5OS2/c1-4-13-18-20-14(21)7-11(17-15(20)23-13)8-19(3)6-5-12-10(2)16-9-22-12/h7,9H,4-6,8H2,1-3H3. The van der Waals surface area contributed by atoms with Crippen molar-refractivity contribution in [2.75, 3.05) is 13.6 Å². The summed E-state index contributed by atoms with van der Waals surface area (Å²) in [4.78, 5) is 25.2. The molecule has 0 saturated heterocycles. The first-order chi connectivity index (χ1) is 11.1. The number of aromatic nitrogens is 4. The number of hydrogen-bond acceptors (Lipinski definition) is 7. The summed E-state index contributed by atoms with van der Waals surface area (Å²) in [5.74, 6) is 0. The van der Waals surface area contributed by atoms with E-state index in [9.17, 15) is 4.79 Å². The molecule has 0 aromatic carbocycles. The van der Waals surface area contributed by atoms with Crippen LogP contribution in [0.2, 0.25) is 0 Å². The van der Waals surface area contributed by atoms with Crippen LogP contribution in [0.3, 0.4) is 0 Å². The van der Waals surface area contributed by atoms with E-state index in [0.717, 1.165) is 35.8 Å². The fourth-order valence-electron chi connectivity index (χ4n) is 2.33. The zero-order chi connectivity index (χ0) is 16.4. The molecule has 0 aliphatic rings. The van der Waals surface area contributed by atoms with Gasteiger partial charge in [-0.25, -0.2) is 9.97 Å². The van der Waals surface area contributed by atoms with Gasteiger partial charge >= 0.3 is 0 Å². The molecule has 0 bridgehead atoms. The first-order valence-corrected chi connectivity index (χ1v) is 9.22. The minimum absolute atomic E-state index is 0.104. The van der Waals surface area contributed by atoms with Crippen molar-refractivity contribution in [1.82, 2.24) is 24.5 Å². The second-order valence-electron chi connectivity index (χ2n) is 5.48. The SMILES string of the molecule is CCc1nn2c(=O)cc(CN(C)CCc3scnc3C)nc2s1. The maximum absolute atomic E-state index is 12.1. The molecule has 3 heterocycles. The van der Waals surface area contributed by atoms with E-state index >= 15 is 0 Å². The number of hydrogen-bond donors (Lipinski definition) is 0. The van der Waals surface area contributed by atoms with Crippen LogP contribution in [0.5, 0.6) is 0 Å². The van der Waals surface area contributed by atoms with Crippen LogP contribution in [0.1, 0.15) is 28.2 Å². The predicted molar refractivity (Wildman–Crippen MR) is 93.4 cm³/mol. The number of aryl methyl sites for hydroxylation is 2. The number of fused-ring (bicyclic) bond motifs is 1. The quantitative estimate of drug-likeness (QED) is 0.682. The molecule has 6 nitrogen and oxygen atoms in total. The third-order valence-electron chi connectivity index (χ3n) is 3.64. The van der Waals surface area contributed by atoms with Crippen molar-refractivity contribution in [2.24, 2.45) is 0 Å². The summed E-state index contributed by atoms with van der Waals surface area (Å²) < 4.78 is 1.40. The summed E-state index contributed by atoms with van der Waals surface area (Å²) in [5, 5.41) is 5.20. The summed E-state index contributed by atoms with van der Waals surface area (Å²) >= 11 is 3.18. The minimum Gasteiger partial charge on any atom is -0.300 e. The molecule has 122 valence electrons. The van der Waals surface area contributed by atoms with E-state index in [0.29, 0.717) is 11.5 Å². The van der Waals surface area contributed by atoms with E-state index < -0.39 is 0 Å². The first kappa shape index (κ1) is 16.2. The molecule has 0 fully saturated rings. The van der Waals surface area contributed by atoms with E-state index in [2.05, 4.69) is 20.0 Å². The Morgan fingerprint density at radius 3 is 2.91 bits per heavy atom. The van der Waals surface area contributed by atoms with Crippen molar-refractivity contribution in [3.8, 4) is 0 Å². The van der Waals surface area contributed by atoms with Gasteiger partial charge in [0.2, 0.25) is 4.96 Å². The molecule has 0 atom stereocenters. The van der Waals surface area contributed by atoms with Gasteiger partial charge in [-0.3, -0.25) is 4.79 Å². The van der Waals surface area contributed by atoms with Crippen LogP contribution in [0.25, 0.3) is 4.96 Å². The normalized spacial score (nSPS) is 11.7. The molecule has 0 N–H and O–H groups in total. The fourth-order valence-corrected chi connectivity index (χ4v) is 3.96. The molecule has 3 rings (SSSR count). The lowest BCUT2D eigenvalue weighted by Crippen LogP contribution is -2.23. The fraction of sp³-hybridized carbons (Fsp3) is 0.467. The van der Waals surface area contributed by atoms with Gasteiger partial charge in [0.1, 0.15) is 5.01 Å². The molecule has 8 heteroatoms. The van der Waals surface area contributed by atoms with Crippen LogP contribution >= 0.6 is 22.7 Å². The number of rotatable bonds is 6. The molecular formula is C15H19N5OS2. The van der Waals surface area contributed by atoms with Gasteiger partial charge in [-0.05, 0) is 26.8 Å². The van der Waals surface area contributed by atoms with E-state index in [1.807, 2.05) is 26.4 Å². The lowest BCUT2D eigenvalue weighted by Gasteiger charge is -2.15. The number of thiazole rings is 1. The maximum Gasteiger partial charge on any atom is 0.275 e. The van der Waals surface area contributed by atoms with E-state index in [1.165, 1.54) is 20.7 Å². The Bertz CT molecular complexity index is 866. The monoisotopic (exact) mass is 349 g/mol. The van der Waals surface area contributed by atoms with E-state index in [4.69, 9.17) is 0 Å². The molecule has 0 unspecified atom stereocenters. The third kappa shape index (κ3) is 3.65.